The second-order valence-electron chi connectivity index (χ2n) is 6.33. The Morgan fingerprint density at radius 2 is 2.09 bits per heavy atom. The third-order valence-electron chi connectivity index (χ3n) is 4.34. The SMILES string of the molecule is CCc1cc(=O)[nH]c(-c2ccc(N3CCC(C)(O)CC3)nc2)n1. The standard InChI is InChI=1S/C17H22N4O2/c1-3-13-10-15(22)20-16(19-13)12-4-5-14(18-11-12)21-8-6-17(2,23)7-9-21/h4-5,10-11,23H,3,6-9H2,1-2H3,(H,19,20,22). The minimum atomic E-state index is -0.569. The zero-order valence-electron chi connectivity index (χ0n) is 13.5. The molecule has 1 saturated heterocycles. The Labute approximate surface area is 135 Å². The van der Waals surface area contributed by atoms with Crippen LogP contribution in [-0.2, 0) is 6.42 Å². The highest BCUT2D eigenvalue weighted by molar-refractivity contribution is 5.56. The Kier molecular flexibility index (Phi) is 4.17. The van der Waals surface area contributed by atoms with Gasteiger partial charge in [-0.05, 0) is 38.3 Å². The fraction of sp³-hybridized carbons (Fsp3) is 0.471. The zero-order chi connectivity index (χ0) is 16.4. The van der Waals surface area contributed by atoms with Gasteiger partial charge in [0.15, 0.2) is 0 Å². The summed E-state index contributed by atoms with van der Waals surface area (Å²) in [6, 6.07) is 5.38. The van der Waals surface area contributed by atoms with Crippen LogP contribution in [0.1, 0.15) is 32.4 Å². The summed E-state index contributed by atoms with van der Waals surface area (Å²) >= 11 is 0. The molecule has 1 aliphatic rings. The summed E-state index contributed by atoms with van der Waals surface area (Å²) in [7, 11) is 0. The minimum absolute atomic E-state index is 0.144. The van der Waals surface area contributed by atoms with Crippen molar-refractivity contribution < 1.29 is 5.11 Å². The number of aromatic amines is 1. The molecule has 122 valence electrons. The number of aliphatic hydroxyl groups is 1. The van der Waals surface area contributed by atoms with Crippen molar-refractivity contribution in [3.63, 3.8) is 0 Å². The van der Waals surface area contributed by atoms with E-state index in [1.54, 1.807) is 6.20 Å². The number of nitrogens with one attached hydrogen (secondary N) is 1. The first kappa shape index (κ1) is 15.7. The van der Waals surface area contributed by atoms with Crippen molar-refractivity contribution in [2.24, 2.45) is 0 Å². The lowest BCUT2D eigenvalue weighted by Gasteiger charge is -2.36. The van der Waals surface area contributed by atoms with Crippen LogP contribution in [0.5, 0.6) is 0 Å². The highest BCUT2D eigenvalue weighted by Crippen LogP contribution is 2.25. The maximum absolute atomic E-state index is 11.7. The van der Waals surface area contributed by atoms with Gasteiger partial charge in [0.1, 0.15) is 11.6 Å². The van der Waals surface area contributed by atoms with E-state index in [1.165, 1.54) is 6.07 Å². The molecular formula is C17H22N4O2. The van der Waals surface area contributed by atoms with E-state index in [1.807, 2.05) is 26.0 Å². The largest absolute Gasteiger partial charge is 0.390 e. The van der Waals surface area contributed by atoms with Crippen LogP contribution in [0.15, 0.2) is 29.2 Å². The maximum Gasteiger partial charge on any atom is 0.251 e. The van der Waals surface area contributed by atoms with Crippen LogP contribution in [0.4, 0.5) is 5.82 Å². The van der Waals surface area contributed by atoms with Gasteiger partial charge >= 0.3 is 0 Å². The molecule has 0 aromatic carbocycles. The monoisotopic (exact) mass is 314 g/mol. The number of anilines is 1. The van der Waals surface area contributed by atoms with E-state index in [0.29, 0.717) is 5.82 Å². The van der Waals surface area contributed by atoms with E-state index >= 15 is 0 Å². The molecule has 2 N–H and O–H groups in total. The van der Waals surface area contributed by atoms with Gasteiger partial charge in [0.2, 0.25) is 0 Å². The molecule has 6 heteroatoms. The fourth-order valence-corrected chi connectivity index (χ4v) is 2.76. The number of aryl methyl sites for hydroxylation is 1. The van der Waals surface area contributed by atoms with Crippen molar-refractivity contribution >= 4 is 5.82 Å². The number of hydrogen-bond acceptors (Lipinski definition) is 5. The van der Waals surface area contributed by atoms with E-state index in [0.717, 1.165) is 49.4 Å². The molecule has 3 heterocycles. The molecule has 0 radical (unpaired) electrons. The van der Waals surface area contributed by atoms with Crippen molar-refractivity contribution in [2.45, 2.75) is 38.7 Å². The maximum atomic E-state index is 11.7. The molecule has 0 atom stereocenters. The average Bonchev–Trinajstić information content (AvgIpc) is 2.54. The molecule has 6 nitrogen and oxygen atoms in total. The third-order valence-corrected chi connectivity index (χ3v) is 4.34. The van der Waals surface area contributed by atoms with Crippen LogP contribution < -0.4 is 10.5 Å². The predicted octanol–water partition coefficient (Wildman–Crippen LogP) is 1.75. The molecule has 3 rings (SSSR count). The molecule has 0 aliphatic carbocycles. The summed E-state index contributed by atoms with van der Waals surface area (Å²) < 4.78 is 0. The van der Waals surface area contributed by atoms with Gasteiger partial charge in [-0.25, -0.2) is 9.97 Å². The third kappa shape index (κ3) is 3.59. The first-order chi connectivity index (χ1) is 11.0. The molecule has 2 aromatic rings. The van der Waals surface area contributed by atoms with Gasteiger partial charge in [-0.1, -0.05) is 6.92 Å². The van der Waals surface area contributed by atoms with Crippen LogP contribution >= 0.6 is 0 Å². The summed E-state index contributed by atoms with van der Waals surface area (Å²) in [6.45, 7) is 5.43. The molecule has 1 fully saturated rings. The van der Waals surface area contributed by atoms with Gasteiger partial charge < -0.3 is 15.0 Å². The Bertz CT molecular complexity index is 727. The molecular weight excluding hydrogens is 292 g/mol. The first-order valence-corrected chi connectivity index (χ1v) is 8.01. The summed E-state index contributed by atoms with van der Waals surface area (Å²) in [5, 5.41) is 10.0. The van der Waals surface area contributed by atoms with Crippen molar-refractivity contribution in [1.82, 2.24) is 15.0 Å². The molecule has 0 amide bonds. The Morgan fingerprint density at radius 1 is 1.35 bits per heavy atom. The van der Waals surface area contributed by atoms with E-state index in [9.17, 15) is 9.90 Å². The van der Waals surface area contributed by atoms with E-state index in [2.05, 4.69) is 19.9 Å². The van der Waals surface area contributed by atoms with Crippen LogP contribution in [0.25, 0.3) is 11.4 Å². The second kappa shape index (κ2) is 6.12. The van der Waals surface area contributed by atoms with Crippen LogP contribution in [0.2, 0.25) is 0 Å². The zero-order valence-corrected chi connectivity index (χ0v) is 13.5. The lowest BCUT2D eigenvalue weighted by molar-refractivity contribution is 0.0350. The topological polar surface area (TPSA) is 82.1 Å². The van der Waals surface area contributed by atoms with Crippen molar-refractivity contribution in [1.29, 1.82) is 0 Å². The normalized spacial score (nSPS) is 17.3. The quantitative estimate of drug-likeness (QED) is 0.902. The highest BCUT2D eigenvalue weighted by atomic mass is 16.3. The summed E-state index contributed by atoms with van der Waals surface area (Å²) in [5.74, 6) is 1.44. The number of aromatic nitrogens is 3. The van der Waals surface area contributed by atoms with Gasteiger partial charge in [-0.2, -0.15) is 0 Å². The van der Waals surface area contributed by atoms with E-state index in [4.69, 9.17) is 0 Å². The molecule has 2 aromatic heterocycles. The Balaban J connectivity index is 1.80. The van der Waals surface area contributed by atoms with E-state index < -0.39 is 5.60 Å². The van der Waals surface area contributed by atoms with Gasteiger partial charge in [-0.3, -0.25) is 4.79 Å². The molecule has 0 unspecified atom stereocenters. The molecule has 0 spiro atoms. The molecule has 0 bridgehead atoms. The lowest BCUT2D eigenvalue weighted by Crippen LogP contribution is -2.42. The summed E-state index contributed by atoms with van der Waals surface area (Å²) in [4.78, 5) is 25.5. The number of hydrogen-bond donors (Lipinski definition) is 2. The number of rotatable bonds is 3. The second-order valence-corrected chi connectivity index (χ2v) is 6.33. The first-order valence-electron chi connectivity index (χ1n) is 8.01. The molecule has 1 aliphatic heterocycles. The number of H-pyrrole nitrogens is 1. The van der Waals surface area contributed by atoms with Crippen LogP contribution in [0, 0.1) is 0 Å². The Morgan fingerprint density at radius 3 is 2.70 bits per heavy atom. The van der Waals surface area contributed by atoms with Gasteiger partial charge in [0.25, 0.3) is 5.56 Å². The van der Waals surface area contributed by atoms with Crippen LogP contribution in [-0.4, -0.2) is 38.7 Å². The number of pyridine rings is 1. The van der Waals surface area contributed by atoms with Gasteiger partial charge in [0, 0.05) is 36.6 Å². The van der Waals surface area contributed by atoms with Crippen molar-refractivity contribution in [2.75, 3.05) is 18.0 Å². The minimum Gasteiger partial charge on any atom is -0.390 e. The number of piperidine rings is 1. The fourth-order valence-electron chi connectivity index (χ4n) is 2.76. The van der Waals surface area contributed by atoms with Crippen molar-refractivity contribution in [3.8, 4) is 11.4 Å². The smallest absolute Gasteiger partial charge is 0.251 e. The Hall–Kier alpha value is -2.21. The van der Waals surface area contributed by atoms with Gasteiger partial charge in [-0.15, -0.1) is 0 Å². The van der Waals surface area contributed by atoms with Crippen LogP contribution in [0.3, 0.4) is 0 Å². The van der Waals surface area contributed by atoms with Gasteiger partial charge in [0.05, 0.1) is 5.60 Å². The predicted molar refractivity (Wildman–Crippen MR) is 89.5 cm³/mol. The summed E-state index contributed by atoms with van der Waals surface area (Å²) in [6.07, 6.45) is 3.93. The lowest BCUT2D eigenvalue weighted by atomic mass is 9.94. The molecule has 0 saturated carbocycles. The summed E-state index contributed by atoms with van der Waals surface area (Å²) in [5.41, 5.74) is 0.853. The highest BCUT2D eigenvalue weighted by Gasteiger charge is 2.27. The number of nitrogens with zero attached hydrogens (tertiary/aromatic N) is 3. The average molecular weight is 314 g/mol. The van der Waals surface area contributed by atoms with Crippen molar-refractivity contribution in [3.05, 3.63) is 40.4 Å². The van der Waals surface area contributed by atoms with E-state index in [-0.39, 0.29) is 5.56 Å². The molecule has 23 heavy (non-hydrogen) atoms.